The van der Waals surface area contributed by atoms with E-state index in [4.69, 9.17) is 0 Å². The summed E-state index contributed by atoms with van der Waals surface area (Å²) >= 11 is 4.99. The van der Waals surface area contributed by atoms with Crippen molar-refractivity contribution in [2.75, 3.05) is 0 Å². The highest BCUT2D eigenvalue weighted by molar-refractivity contribution is 9.10. The number of benzene rings is 1. The smallest absolute Gasteiger partial charge is 0.165 e. The topological polar surface area (TPSA) is 74.7 Å². The second kappa shape index (κ2) is 6.87. The molecule has 0 aliphatic heterocycles. The molecule has 4 aromatic rings. The van der Waals surface area contributed by atoms with Gasteiger partial charge in [-0.25, -0.2) is 4.98 Å². The van der Waals surface area contributed by atoms with Gasteiger partial charge in [-0.3, -0.25) is 10.1 Å². The van der Waals surface area contributed by atoms with Gasteiger partial charge in [0.25, 0.3) is 0 Å². The first kappa shape index (κ1) is 16.1. The molecule has 0 amide bonds. The molecule has 5 nitrogen and oxygen atoms in total. The van der Waals surface area contributed by atoms with Gasteiger partial charge < -0.3 is 5.11 Å². The summed E-state index contributed by atoms with van der Waals surface area (Å²) in [6.45, 7) is 0. The van der Waals surface area contributed by atoms with E-state index in [0.717, 1.165) is 30.9 Å². The highest BCUT2D eigenvalue weighted by Crippen LogP contribution is 2.41. The molecule has 7 heteroatoms. The van der Waals surface area contributed by atoms with Crippen molar-refractivity contribution in [3.05, 3.63) is 76.8 Å². The van der Waals surface area contributed by atoms with E-state index in [1.54, 1.807) is 23.7 Å². The number of H-pyrrole nitrogens is 1. The van der Waals surface area contributed by atoms with Crippen molar-refractivity contribution in [2.45, 2.75) is 6.10 Å². The van der Waals surface area contributed by atoms with E-state index in [2.05, 4.69) is 36.1 Å². The number of hydrogen-bond acceptors (Lipinski definition) is 5. The number of aliphatic hydroxyl groups excluding tert-OH is 1. The molecule has 0 saturated heterocycles. The number of aromatic amines is 1. The fourth-order valence-electron chi connectivity index (χ4n) is 2.59. The minimum atomic E-state index is -0.750. The maximum atomic E-state index is 10.9. The Kier molecular flexibility index (Phi) is 4.44. The summed E-state index contributed by atoms with van der Waals surface area (Å²) in [6, 6.07) is 13.6. The largest absolute Gasteiger partial charge is 0.384 e. The van der Waals surface area contributed by atoms with Gasteiger partial charge in [0, 0.05) is 27.3 Å². The minimum Gasteiger partial charge on any atom is -0.384 e. The maximum absolute atomic E-state index is 10.9. The van der Waals surface area contributed by atoms with Crippen LogP contribution in [0.5, 0.6) is 0 Å². The van der Waals surface area contributed by atoms with Crippen molar-refractivity contribution in [1.82, 2.24) is 20.2 Å². The molecule has 25 heavy (non-hydrogen) atoms. The molecule has 4 rings (SSSR count). The quantitative estimate of drug-likeness (QED) is 0.519. The first-order valence-electron chi connectivity index (χ1n) is 7.56. The Morgan fingerprint density at radius 3 is 2.52 bits per heavy atom. The van der Waals surface area contributed by atoms with Gasteiger partial charge in [-0.15, -0.1) is 11.3 Å². The zero-order valence-electron chi connectivity index (χ0n) is 12.9. The van der Waals surface area contributed by atoms with E-state index in [1.165, 1.54) is 6.33 Å². The Bertz CT molecular complexity index is 968. The molecular weight excluding hydrogens is 400 g/mol. The van der Waals surface area contributed by atoms with Crippen LogP contribution in [0.1, 0.15) is 17.2 Å². The van der Waals surface area contributed by atoms with Gasteiger partial charge in [-0.2, -0.15) is 5.10 Å². The summed E-state index contributed by atoms with van der Waals surface area (Å²) in [4.78, 5) is 10.2. The highest BCUT2D eigenvalue weighted by Gasteiger charge is 2.21. The molecule has 0 fully saturated rings. The van der Waals surface area contributed by atoms with Crippen LogP contribution in [0.25, 0.3) is 21.1 Å². The molecule has 0 spiro atoms. The predicted octanol–water partition coefficient (Wildman–Crippen LogP) is 4.44. The standard InChI is InChI=1S/C18H13BrN4OS/c19-13-3-1-12(2-4-13)16(24)14-9-15(11-5-7-20-8-6-11)25-17(14)18-21-10-22-23-18/h1-10,16,24H,(H,21,22,23). The Morgan fingerprint density at radius 2 is 1.84 bits per heavy atom. The van der Waals surface area contributed by atoms with E-state index < -0.39 is 6.10 Å². The lowest BCUT2D eigenvalue weighted by Crippen LogP contribution is -2.00. The van der Waals surface area contributed by atoms with Crippen molar-refractivity contribution in [2.24, 2.45) is 0 Å². The second-order valence-corrected chi connectivity index (χ2v) is 7.39. The van der Waals surface area contributed by atoms with E-state index in [-0.39, 0.29) is 0 Å². The molecule has 2 N–H and O–H groups in total. The fourth-order valence-corrected chi connectivity index (χ4v) is 4.00. The Labute approximate surface area is 156 Å². The second-order valence-electron chi connectivity index (χ2n) is 5.42. The Hall–Kier alpha value is -2.35. The maximum Gasteiger partial charge on any atom is 0.165 e. The molecule has 1 unspecified atom stereocenters. The molecule has 1 aromatic carbocycles. The van der Waals surface area contributed by atoms with Crippen LogP contribution in [-0.4, -0.2) is 25.3 Å². The summed E-state index contributed by atoms with van der Waals surface area (Å²) in [5.74, 6) is 0.650. The van der Waals surface area contributed by atoms with Crippen LogP contribution >= 0.6 is 27.3 Å². The summed E-state index contributed by atoms with van der Waals surface area (Å²) in [5.41, 5.74) is 2.67. The van der Waals surface area contributed by atoms with Crippen molar-refractivity contribution < 1.29 is 5.11 Å². The predicted molar refractivity (Wildman–Crippen MR) is 101 cm³/mol. The lowest BCUT2D eigenvalue weighted by molar-refractivity contribution is 0.221. The average molecular weight is 413 g/mol. The monoisotopic (exact) mass is 412 g/mol. The normalized spacial score (nSPS) is 12.2. The summed E-state index contributed by atoms with van der Waals surface area (Å²) < 4.78 is 0.974. The number of nitrogens with zero attached hydrogens (tertiary/aromatic N) is 3. The lowest BCUT2D eigenvalue weighted by Gasteiger charge is -2.11. The van der Waals surface area contributed by atoms with Crippen LogP contribution < -0.4 is 0 Å². The zero-order valence-corrected chi connectivity index (χ0v) is 15.3. The number of rotatable bonds is 4. The zero-order chi connectivity index (χ0) is 17.2. The number of hydrogen-bond donors (Lipinski definition) is 2. The third kappa shape index (κ3) is 3.26. The fraction of sp³-hybridized carbons (Fsp3) is 0.0556. The number of thiophene rings is 1. The molecule has 0 aliphatic rings. The Balaban J connectivity index is 1.82. The van der Waals surface area contributed by atoms with Gasteiger partial charge in [-0.05, 0) is 41.5 Å². The van der Waals surface area contributed by atoms with Crippen LogP contribution in [0.15, 0.2) is 65.7 Å². The third-order valence-corrected chi connectivity index (χ3v) is 5.57. The van der Waals surface area contributed by atoms with E-state index in [1.807, 2.05) is 42.5 Å². The molecule has 0 bridgehead atoms. The summed E-state index contributed by atoms with van der Waals surface area (Å²) in [5, 5.41) is 17.8. The Morgan fingerprint density at radius 1 is 1.08 bits per heavy atom. The van der Waals surface area contributed by atoms with Crippen LogP contribution in [0.4, 0.5) is 0 Å². The number of nitrogens with one attached hydrogen (secondary N) is 1. The van der Waals surface area contributed by atoms with Crippen molar-refractivity contribution in [1.29, 1.82) is 0 Å². The van der Waals surface area contributed by atoms with E-state index in [9.17, 15) is 5.11 Å². The van der Waals surface area contributed by atoms with Crippen LogP contribution in [-0.2, 0) is 0 Å². The highest BCUT2D eigenvalue weighted by atomic mass is 79.9. The number of aromatic nitrogens is 4. The van der Waals surface area contributed by atoms with Crippen LogP contribution in [0.3, 0.4) is 0 Å². The first-order valence-corrected chi connectivity index (χ1v) is 9.17. The average Bonchev–Trinajstić information content (AvgIpc) is 3.32. The van der Waals surface area contributed by atoms with E-state index >= 15 is 0 Å². The van der Waals surface area contributed by atoms with Gasteiger partial charge in [0.2, 0.25) is 0 Å². The molecule has 0 saturated carbocycles. The molecule has 1 atom stereocenters. The number of halogens is 1. The first-order chi connectivity index (χ1) is 12.2. The van der Waals surface area contributed by atoms with E-state index in [0.29, 0.717) is 5.82 Å². The van der Waals surface area contributed by atoms with Crippen molar-refractivity contribution >= 4 is 27.3 Å². The molecule has 3 aromatic heterocycles. The molecule has 0 aliphatic carbocycles. The summed E-state index contributed by atoms with van der Waals surface area (Å²) in [7, 11) is 0. The summed E-state index contributed by atoms with van der Waals surface area (Å²) in [6.07, 6.45) is 4.24. The van der Waals surface area contributed by atoms with Gasteiger partial charge in [0.1, 0.15) is 12.4 Å². The third-order valence-electron chi connectivity index (χ3n) is 3.84. The van der Waals surface area contributed by atoms with Crippen molar-refractivity contribution in [3.8, 4) is 21.1 Å². The molecule has 3 heterocycles. The number of aliphatic hydroxyl groups is 1. The molecular formula is C18H13BrN4OS. The minimum absolute atomic E-state index is 0.650. The van der Waals surface area contributed by atoms with Gasteiger partial charge in [0.05, 0.1) is 4.88 Å². The van der Waals surface area contributed by atoms with Gasteiger partial charge >= 0.3 is 0 Å². The SMILES string of the molecule is OC(c1ccc(Br)cc1)c1cc(-c2ccncc2)sc1-c1ncn[nH]1. The van der Waals surface area contributed by atoms with Crippen LogP contribution in [0, 0.1) is 0 Å². The van der Waals surface area contributed by atoms with Gasteiger partial charge in [-0.1, -0.05) is 28.1 Å². The van der Waals surface area contributed by atoms with Crippen LogP contribution in [0.2, 0.25) is 0 Å². The molecule has 0 radical (unpaired) electrons. The van der Waals surface area contributed by atoms with Crippen molar-refractivity contribution in [3.63, 3.8) is 0 Å². The number of pyridine rings is 1. The van der Waals surface area contributed by atoms with Gasteiger partial charge in [0.15, 0.2) is 5.82 Å². The molecule has 124 valence electrons. The lowest BCUT2D eigenvalue weighted by atomic mass is 10.0.